The second-order valence-corrected chi connectivity index (χ2v) is 4.21. The number of nitrogens with one attached hydrogen (secondary N) is 1. The van der Waals surface area contributed by atoms with Crippen LogP contribution in [-0.4, -0.2) is 61.2 Å². The first-order valence-corrected chi connectivity index (χ1v) is 5.88. The van der Waals surface area contributed by atoms with Gasteiger partial charge >= 0.3 is 0 Å². The molecule has 0 saturated carbocycles. The number of likely N-dealkylation sites (N-methyl/N-ethyl adjacent to an activating group) is 1. The Kier molecular flexibility index (Phi) is 6.34. The third kappa shape index (κ3) is 5.42. The van der Waals surface area contributed by atoms with E-state index in [1.54, 1.807) is 6.92 Å². The predicted octanol–water partition coefficient (Wildman–Crippen LogP) is 0.106. The van der Waals surface area contributed by atoms with Gasteiger partial charge in [0.25, 0.3) is 0 Å². The van der Waals surface area contributed by atoms with Crippen LogP contribution in [0.15, 0.2) is 0 Å². The second kappa shape index (κ2) is 7.58. The molecule has 5 heteroatoms. The lowest BCUT2D eigenvalue weighted by Gasteiger charge is -2.32. The van der Waals surface area contributed by atoms with Crippen molar-refractivity contribution in [2.24, 2.45) is 0 Å². The maximum absolute atomic E-state index is 5.23. The summed E-state index contributed by atoms with van der Waals surface area (Å²) in [7, 11) is 2.15. The number of hydrogen-bond acceptors (Lipinski definition) is 4. The molecule has 1 aliphatic heterocycles. The smallest absolute Gasteiger partial charge is 0.174 e. The molecule has 90 valence electrons. The molecule has 0 spiro atoms. The molecule has 0 unspecified atom stereocenters. The topological polar surface area (TPSA) is 27.7 Å². The predicted molar refractivity (Wildman–Crippen MR) is 69.1 cm³/mol. The quantitative estimate of drug-likeness (QED) is 0.326. The lowest BCUT2D eigenvalue weighted by molar-refractivity contribution is 0.0527. The zero-order valence-electron chi connectivity index (χ0n) is 9.95. The summed E-state index contributed by atoms with van der Waals surface area (Å²) in [4.78, 5) is 10.4. The van der Waals surface area contributed by atoms with Crippen LogP contribution in [0.5, 0.6) is 0 Å². The Bertz CT molecular complexity index is 277. The van der Waals surface area contributed by atoms with E-state index >= 15 is 0 Å². The zero-order valence-corrected chi connectivity index (χ0v) is 10.8. The summed E-state index contributed by atoms with van der Waals surface area (Å²) >= 11 is 4.91. The zero-order chi connectivity index (χ0) is 11.8. The molecule has 1 aliphatic rings. The van der Waals surface area contributed by atoms with Gasteiger partial charge in [0.1, 0.15) is 0 Å². The molecule has 1 fully saturated rings. The molecule has 0 aromatic rings. The molecule has 0 bridgehead atoms. The molecule has 1 saturated heterocycles. The first-order valence-electron chi connectivity index (χ1n) is 5.48. The molecular weight excluding hydrogens is 222 g/mol. The van der Waals surface area contributed by atoms with Crippen molar-refractivity contribution in [3.05, 3.63) is 0 Å². The summed E-state index contributed by atoms with van der Waals surface area (Å²) in [5, 5.41) is 0. The molecule has 1 heterocycles. The van der Waals surface area contributed by atoms with E-state index in [0.717, 1.165) is 32.7 Å². The number of thiocarbonyl (C=S) groups is 1. The Morgan fingerprint density at radius 2 is 2.06 bits per heavy atom. The van der Waals surface area contributed by atoms with Crippen molar-refractivity contribution >= 4 is 17.2 Å². The van der Waals surface area contributed by atoms with Crippen molar-refractivity contribution in [1.29, 1.82) is 0 Å². The Balaban J connectivity index is 2.02. The second-order valence-electron chi connectivity index (χ2n) is 3.80. The van der Waals surface area contributed by atoms with E-state index in [2.05, 4.69) is 34.2 Å². The van der Waals surface area contributed by atoms with Crippen LogP contribution in [0.3, 0.4) is 0 Å². The summed E-state index contributed by atoms with van der Waals surface area (Å²) in [6, 6.07) is 0. The van der Waals surface area contributed by atoms with E-state index in [1.165, 1.54) is 0 Å². The number of hydrogen-bond donors (Lipinski definition) is 1. The van der Waals surface area contributed by atoms with Crippen molar-refractivity contribution in [1.82, 2.24) is 15.3 Å². The lowest BCUT2D eigenvalue weighted by atomic mass is 10.3. The van der Waals surface area contributed by atoms with Crippen LogP contribution in [-0.2, 0) is 4.84 Å². The van der Waals surface area contributed by atoms with E-state index in [1.807, 2.05) is 0 Å². The molecule has 1 rings (SSSR count). The third-order valence-electron chi connectivity index (χ3n) is 2.51. The molecule has 4 nitrogen and oxygen atoms in total. The minimum atomic E-state index is 0.445. The van der Waals surface area contributed by atoms with Gasteiger partial charge in [0.2, 0.25) is 0 Å². The van der Waals surface area contributed by atoms with Crippen LogP contribution in [0.4, 0.5) is 0 Å². The first kappa shape index (κ1) is 13.4. The highest BCUT2D eigenvalue weighted by Gasteiger charge is 2.12. The van der Waals surface area contributed by atoms with Gasteiger partial charge in [0.15, 0.2) is 4.99 Å². The summed E-state index contributed by atoms with van der Waals surface area (Å²) < 4.78 is 0. The average Bonchev–Trinajstić information content (AvgIpc) is 2.27. The first-order chi connectivity index (χ1) is 7.72. The Hall–Kier alpha value is -0.670. The molecule has 0 aromatic heterocycles. The van der Waals surface area contributed by atoms with Crippen LogP contribution < -0.4 is 5.48 Å². The summed E-state index contributed by atoms with van der Waals surface area (Å²) in [6.45, 7) is 7.80. The average molecular weight is 241 g/mol. The van der Waals surface area contributed by atoms with Crippen LogP contribution >= 0.6 is 12.2 Å². The number of rotatable bonds is 4. The van der Waals surface area contributed by atoms with Gasteiger partial charge in [-0.15, -0.1) is 0 Å². The number of nitrogens with zero attached hydrogens (tertiary/aromatic N) is 2. The van der Waals surface area contributed by atoms with Gasteiger partial charge in [0.05, 0.1) is 6.61 Å². The molecule has 16 heavy (non-hydrogen) atoms. The monoisotopic (exact) mass is 241 g/mol. The van der Waals surface area contributed by atoms with Gasteiger partial charge < -0.3 is 4.90 Å². The molecule has 0 aromatic carbocycles. The Labute approximate surface area is 103 Å². The Morgan fingerprint density at radius 3 is 2.69 bits per heavy atom. The Morgan fingerprint density at radius 1 is 1.38 bits per heavy atom. The van der Waals surface area contributed by atoms with Gasteiger partial charge in [0, 0.05) is 32.7 Å². The van der Waals surface area contributed by atoms with Gasteiger partial charge in [-0.3, -0.25) is 9.74 Å². The van der Waals surface area contributed by atoms with E-state index in [9.17, 15) is 0 Å². The minimum Gasteiger partial charge on any atom is -0.304 e. The standard InChI is InChI=1S/C11H19N3OS/c1-3-4-11(16)12-15-10-9-14-7-5-13(2)6-8-14/h5-10H2,1-2H3,(H,12,16). The summed E-state index contributed by atoms with van der Waals surface area (Å²) in [5.74, 6) is 5.43. The van der Waals surface area contributed by atoms with E-state index in [0.29, 0.717) is 11.6 Å². The van der Waals surface area contributed by atoms with Crippen molar-refractivity contribution in [3.8, 4) is 11.8 Å². The molecule has 0 atom stereocenters. The summed E-state index contributed by atoms with van der Waals surface area (Å²) in [5.41, 5.74) is 2.65. The van der Waals surface area contributed by atoms with E-state index in [-0.39, 0.29) is 0 Å². The molecule has 1 N–H and O–H groups in total. The van der Waals surface area contributed by atoms with Crippen LogP contribution in [0.25, 0.3) is 0 Å². The van der Waals surface area contributed by atoms with Crippen molar-refractivity contribution < 1.29 is 4.84 Å². The molecule has 0 aliphatic carbocycles. The molecule has 0 radical (unpaired) electrons. The van der Waals surface area contributed by atoms with Gasteiger partial charge in [-0.05, 0) is 32.1 Å². The third-order valence-corrected chi connectivity index (χ3v) is 2.69. The fourth-order valence-electron chi connectivity index (χ4n) is 1.50. The van der Waals surface area contributed by atoms with Gasteiger partial charge in [-0.25, -0.2) is 5.48 Å². The minimum absolute atomic E-state index is 0.445. The van der Waals surface area contributed by atoms with Crippen LogP contribution in [0.2, 0.25) is 0 Å². The van der Waals surface area contributed by atoms with Crippen molar-refractivity contribution in [2.45, 2.75) is 6.92 Å². The van der Waals surface area contributed by atoms with Gasteiger partial charge in [-0.2, -0.15) is 0 Å². The number of hydroxylamine groups is 1. The fraction of sp³-hybridized carbons (Fsp3) is 0.727. The van der Waals surface area contributed by atoms with Crippen molar-refractivity contribution in [3.63, 3.8) is 0 Å². The van der Waals surface area contributed by atoms with Gasteiger partial charge in [-0.1, -0.05) is 5.92 Å². The maximum Gasteiger partial charge on any atom is 0.174 e. The fourth-order valence-corrected chi connectivity index (χ4v) is 1.66. The van der Waals surface area contributed by atoms with Crippen molar-refractivity contribution in [2.75, 3.05) is 46.4 Å². The normalized spacial score (nSPS) is 17.6. The molecule has 0 amide bonds. The summed E-state index contributed by atoms with van der Waals surface area (Å²) in [6.07, 6.45) is 0. The molecular formula is C11H19N3OS. The SMILES string of the molecule is CC#CC(=S)NOCCN1CCN(C)CC1. The lowest BCUT2D eigenvalue weighted by Crippen LogP contribution is -2.45. The largest absolute Gasteiger partial charge is 0.304 e. The highest BCUT2D eigenvalue weighted by atomic mass is 32.1. The van der Waals surface area contributed by atoms with Crippen LogP contribution in [0, 0.1) is 11.8 Å². The highest BCUT2D eigenvalue weighted by molar-refractivity contribution is 7.80. The maximum atomic E-state index is 5.23. The van der Waals surface area contributed by atoms with Crippen LogP contribution in [0.1, 0.15) is 6.92 Å². The van der Waals surface area contributed by atoms with E-state index in [4.69, 9.17) is 17.1 Å². The highest BCUT2D eigenvalue weighted by Crippen LogP contribution is 1.97. The van der Waals surface area contributed by atoms with E-state index < -0.39 is 0 Å². The number of piperazine rings is 1.